The maximum absolute atomic E-state index is 5.46. The fourth-order valence-electron chi connectivity index (χ4n) is 1.46. The van der Waals surface area contributed by atoms with Crippen LogP contribution in [0.25, 0.3) is 6.08 Å². The number of hydrogen-bond acceptors (Lipinski definition) is 2. The molecule has 0 aromatic heterocycles. The minimum atomic E-state index is 0.341. The summed E-state index contributed by atoms with van der Waals surface area (Å²) in [5.41, 5.74) is 1.25. The minimum absolute atomic E-state index is 0.341. The van der Waals surface area contributed by atoms with Gasteiger partial charge in [-0.3, -0.25) is 0 Å². The maximum Gasteiger partial charge on any atom is 0.0518 e. The van der Waals surface area contributed by atoms with Gasteiger partial charge in [0.15, 0.2) is 0 Å². The Morgan fingerprint density at radius 2 is 2.00 bits per heavy atom. The molecule has 0 aliphatic carbocycles. The summed E-state index contributed by atoms with van der Waals surface area (Å²) in [4.78, 5) is 0. The van der Waals surface area contributed by atoms with Crippen molar-refractivity contribution in [2.45, 2.75) is 26.4 Å². The third kappa shape index (κ3) is 7.72. The molecule has 2 heteroatoms. The summed E-state index contributed by atoms with van der Waals surface area (Å²) in [5.74, 6) is 0. The normalized spacial score (nSPS) is 11.5. The fourth-order valence-corrected chi connectivity index (χ4v) is 1.46. The predicted molar refractivity (Wildman–Crippen MR) is 74.1 cm³/mol. The van der Waals surface area contributed by atoms with E-state index in [0.717, 1.165) is 26.1 Å². The average molecular weight is 233 g/mol. The lowest BCUT2D eigenvalue weighted by atomic mass is 10.2. The zero-order valence-corrected chi connectivity index (χ0v) is 10.9. The van der Waals surface area contributed by atoms with Crippen LogP contribution in [0.4, 0.5) is 0 Å². The van der Waals surface area contributed by atoms with Gasteiger partial charge in [-0.25, -0.2) is 0 Å². The highest BCUT2D eigenvalue weighted by atomic mass is 16.5. The van der Waals surface area contributed by atoms with Crippen molar-refractivity contribution in [3.05, 3.63) is 42.0 Å². The monoisotopic (exact) mass is 233 g/mol. The van der Waals surface area contributed by atoms with Gasteiger partial charge < -0.3 is 10.1 Å². The highest BCUT2D eigenvalue weighted by Crippen LogP contribution is 1.99. The average Bonchev–Trinajstić information content (AvgIpc) is 2.33. The van der Waals surface area contributed by atoms with Gasteiger partial charge in [0.05, 0.1) is 6.10 Å². The lowest BCUT2D eigenvalue weighted by molar-refractivity contribution is 0.0772. The van der Waals surface area contributed by atoms with E-state index in [1.54, 1.807) is 0 Å². The van der Waals surface area contributed by atoms with Crippen LogP contribution in [0, 0.1) is 0 Å². The molecule has 0 radical (unpaired) electrons. The first-order valence-corrected chi connectivity index (χ1v) is 6.33. The largest absolute Gasteiger partial charge is 0.379 e. The van der Waals surface area contributed by atoms with Crippen LogP contribution in [-0.2, 0) is 4.74 Å². The van der Waals surface area contributed by atoms with Crippen LogP contribution in [0.2, 0.25) is 0 Å². The quantitative estimate of drug-likeness (QED) is 0.697. The molecule has 0 atom stereocenters. The number of nitrogens with one attached hydrogen (secondary N) is 1. The van der Waals surface area contributed by atoms with Crippen molar-refractivity contribution in [3.63, 3.8) is 0 Å². The Bertz CT molecular complexity index is 306. The second-order valence-corrected chi connectivity index (χ2v) is 4.29. The Labute approximate surface area is 105 Å². The van der Waals surface area contributed by atoms with Gasteiger partial charge in [-0.1, -0.05) is 42.5 Å². The van der Waals surface area contributed by atoms with Crippen molar-refractivity contribution >= 4 is 6.08 Å². The Morgan fingerprint density at radius 1 is 1.24 bits per heavy atom. The molecule has 1 N–H and O–H groups in total. The second kappa shape index (κ2) is 8.97. The van der Waals surface area contributed by atoms with Crippen molar-refractivity contribution < 1.29 is 4.74 Å². The summed E-state index contributed by atoms with van der Waals surface area (Å²) in [6.45, 7) is 6.89. The van der Waals surface area contributed by atoms with Crippen LogP contribution in [0.5, 0.6) is 0 Å². The molecule has 17 heavy (non-hydrogen) atoms. The molecule has 0 unspecified atom stereocenters. The third-order valence-corrected chi connectivity index (χ3v) is 2.32. The second-order valence-electron chi connectivity index (χ2n) is 4.29. The molecule has 0 heterocycles. The molecule has 0 saturated carbocycles. The van der Waals surface area contributed by atoms with Crippen LogP contribution in [0.1, 0.15) is 25.8 Å². The van der Waals surface area contributed by atoms with Crippen molar-refractivity contribution in [3.8, 4) is 0 Å². The molecular weight excluding hydrogens is 210 g/mol. The van der Waals surface area contributed by atoms with Crippen molar-refractivity contribution in [2.24, 2.45) is 0 Å². The van der Waals surface area contributed by atoms with Crippen LogP contribution >= 0.6 is 0 Å². The molecule has 94 valence electrons. The molecular formula is C15H23NO. The molecule has 0 aliphatic rings. The van der Waals surface area contributed by atoms with E-state index in [4.69, 9.17) is 4.74 Å². The van der Waals surface area contributed by atoms with Gasteiger partial charge in [0.2, 0.25) is 0 Å². The van der Waals surface area contributed by atoms with Crippen molar-refractivity contribution in [1.29, 1.82) is 0 Å². The van der Waals surface area contributed by atoms with E-state index in [2.05, 4.69) is 55.6 Å². The first-order valence-electron chi connectivity index (χ1n) is 6.33. The third-order valence-electron chi connectivity index (χ3n) is 2.32. The summed E-state index contributed by atoms with van der Waals surface area (Å²) in [5, 5.41) is 3.36. The molecule has 2 nitrogen and oxygen atoms in total. The molecule has 0 amide bonds. The molecule has 0 fully saturated rings. The molecule has 1 aromatic rings. The summed E-state index contributed by atoms with van der Waals surface area (Å²) >= 11 is 0. The van der Waals surface area contributed by atoms with E-state index in [0.29, 0.717) is 6.10 Å². The summed E-state index contributed by atoms with van der Waals surface area (Å²) in [6, 6.07) is 10.3. The number of hydrogen-bond donors (Lipinski definition) is 1. The topological polar surface area (TPSA) is 21.3 Å². The van der Waals surface area contributed by atoms with Gasteiger partial charge in [-0.2, -0.15) is 0 Å². The number of benzene rings is 1. The SMILES string of the molecule is CC(C)OCCCNCC=Cc1ccccc1. The smallest absolute Gasteiger partial charge is 0.0518 e. The fraction of sp³-hybridized carbons (Fsp3) is 0.467. The predicted octanol–water partition coefficient (Wildman–Crippen LogP) is 3.10. The first kappa shape index (κ1) is 13.9. The minimum Gasteiger partial charge on any atom is -0.379 e. The van der Waals surface area contributed by atoms with Gasteiger partial charge in [0.1, 0.15) is 0 Å². The zero-order chi connectivity index (χ0) is 12.3. The molecule has 0 spiro atoms. The molecule has 0 aliphatic heterocycles. The molecule has 0 bridgehead atoms. The molecule has 0 saturated heterocycles. The molecule has 1 rings (SSSR count). The Morgan fingerprint density at radius 3 is 2.71 bits per heavy atom. The van der Waals surface area contributed by atoms with Crippen LogP contribution in [0.15, 0.2) is 36.4 Å². The Kier molecular flexibility index (Phi) is 7.35. The van der Waals surface area contributed by atoms with E-state index < -0.39 is 0 Å². The van der Waals surface area contributed by atoms with E-state index in [-0.39, 0.29) is 0 Å². The Hall–Kier alpha value is -1.12. The van der Waals surface area contributed by atoms with Gasteiger partial charge in [-0.05, 0) is 32.4 Å². The van der Waals surface area contributed by atoms with Crippen molar-refractivity contribution in [2.75, 3.05) is 19.7 Å². The van der Waals surface area contributed by atoms with Crippen LogP contribution in [-0.4, -0.2) is 25.8 Å². The lowest BCUT2D eigenvalue weighted by Gasteiger charge is -2.06. The van der Waals surface area contributed by atoms with E-state index in [1.165, 1.54) is 5.56 Å². The number of ether oxygens (including phenoxy) is 1. The number of rotatable bonds is 8. The van der Waals surface area contributed by atoms with E-state index in [1.807, 2.05) is 6.07 Å². The standard InChI is InChI=1S/C15H23NO/c1-14(2)17-13-7-12-16-11-6-10-15-8-4-3-5-9-15/h3-6,8-10,14,16H,7,11-13H2,1-2H3. The van der Waals surface area contributed by atoms with Gasteiger partial charge >= 0.3 is 0 Å². The van der Waals surface area contributed by atoms with Gasteiger partial charge in [0, 0.05) is 13.2 Å². The summed E-state index contributed by atoms with van der Waals surface area (Å²) in [7, 11) is 0. The van der Waals surface area contributed by atoms with Gasteiger partial charge in [-0.15, -0.1) is 0 Å². The van der Waals surface area contributed by atoms with Crippen molar-refractivity contribution in [1.82, 2.24) is 5.32 Å². The van der Waals surface area contributed by atoms with E-state index >= 15 is 0 Å². The Balaban J connectivity index is 1.99. The van der Waals surface area contributed by atoms with Crippen LogP contribution in [0.3, 0.4) is 0 Å². The zero-order valence-electron chi connectivity index (χ0n) is 10.9. The highest BCUT2D eigenvalue weighted by molar-refractivity contribution is 5.48. The summed E-state index contributed by atoms with van der Waals surface area (Å²) in [6.07, 6.45) is 5.70. The lowest BCUT2D eigenvalue weighted by Crippen LogP contribution is -2.17. The summed E-state index contributed by atoms with van der Waals surface area (Å²) < 4.78 is 5.46. The van der Waals surface area contributed by atoms with Gasteiger partial charge in [0.25, 0.3) is 0 Å². The maximum atomic E-state index is 5.46. The first-order chi connectivity index (χ1) is 8.29. The molecule has 1 aromatic carbocycles. The van der Waals surface area contributed by atoms with E-state index in [9.17, 15) is 0 Å². The van der Waals surface area contributed by atoms with Crippen LogP contribution < -0.4 is 5.32 Å². The highest BCUT2D eigenvalue weighted by Gasteiger charge is 1.91.